The molecule has 4 rings (SSSR count). The second-order valence-electron chi connectivity index (χ2n) is 7.04. The van der Waals surface area contributed by atoms with Crippen molar-refractivity contribution in [2.24, 2.45) is 5.92 Å². The lowest BCUT2D eigenvalue weighted by Crippen LogP contribution is -2.41. The third-order valence-electron chi connectivity index (χ3n) is 5.47. The fourth-order valence-electron chi connectivity index (χ4n) is 4.03. The minimum Gasteiger partial charge on any atom is -0.371 e. The van der Waals surface area contributed by atoms with E-state index in [1.54, 1.807) is 6.07 Å². The first-order valence-electron chi connectivity index (χ1n) is 9.09. The number of hydrogen-bond acceptors (Lipinski definition) is 2. The van der Waals surface area contributed by atoms with E-state index in [4.69, 9.17) is 11.6 Å². The van der Waals surface area contributed by atoms with E-state index >= 15 is 0 Å². The predicted octanol–water partition coefficient (Wildman–Crippen LogP) is 4.25. The van der Waals surface area contributed by atoms with Gasteiger partial charge in [0.05, 0.1) is 10.6 Å². The first kappa shape index (κ1) is 16.5. The minimum absolute atomic E-state index is 0.0653. The number of halogens is 1. The lowest BCUT2D eigenvalue weighted by molar-refractivity contribution is 0.0693. The van der Waals surface area contributed by atoms with Crippen molar-refractivity contribution < 1.29 is 4.79 Å². The summed E-state index contributed by atoms with van der Waals surface area (Å²) in [6.07, 6.45) is 3.28. The Morgan fingerprint density at radius 1 is 1.00 bits per heavy atom. The number of likely N-dealkylation sites (tertiary alicyclic amines) is 1. The van der Waals surface area contributed by atoms with Crippen molar-refractivity contribution in [1.82, 2.24) is 4.90 Å². The average Bonchev–Trinajstić information content (AvgIpc) is 3.05. The van der Waals surface area contributed by atoms with E-state index in [0.29, 0.717) is 16.5 Å². The molecule has 2 aromatic carbocycles. The van der Waals surface area contributed by atoms with Gasteiger partial charge < -0.3 is 9.80 Å². The van der Waals surface area contributed by atoms with E-state index in [-0.39, 0.29) is 5.91 Å². The molecule has 130 valence electrons. The lowest BCUT2D eigenvalue weighted by Gasteiger charge is -2.34. The quantitative estimate of drug-likeness (QED) is 0.822. The zero-order valence-electron chi connectivity index (χ0n) is 14.3. The summed E-state index contributed by atoms with van der Waals surface area (Å²) in [5.74, 6) is 0.719. The summed E-state index contributed by atoms with van der Waals surface area (Å²) in [6.45, 7) is 3.87. The topological polar surface area (TPSA) is 23.6 Å². The van der Waals surface area contributed by atoms with Crippen molar-refractivity contribution in [1.29, 1.82) is 0 Å². The summed E-state index contributed by atoms with van der Waals surface area (Å²) in [4.78, 5) is 17.1. The first-order valence-corrected chi connectivity index (χ1v) is 9.47. The van der Waals surface area contributed by atoms with Gasteiger partial charge in [-0.05, 0) is 48.9 Å². The number of benzene rings is 2. The minimum atomic E-state index is 0.0653. The molecule has 0 aromatic heterocycles. The highest BCUT2D eigenvalue weighted by Gasteiger charge is 2.27. The van der Waals surface area contributed by atoms with Gasteiger partial charge >= 0.3 is 0 Å². The number of fused-ring (bicyclic) bond motifs is 1. The number of amides is 1. The zero-order chi connectivity index (χ0) is 17.2. The molecule has 0 aliphatic carbocycles. The molecular formula is C21H23ClN2O. The molecule has 0 unspecified atom stereocenters. The maximum atomic E-state index is 12.7. The van der Waals surface area contributed by atoms with E-state index in [1.165, 1.54) is 11.3 Å². The van der Waals surface area contributed by atoms with Gasteiger partial charge in [0.25, 0.3) is 5.91 Å². The highest BCUT2D eigenvalue weighted by atomic mass is 35.5. The van der Waals surface area contributed by atoms with Crippen LogP contribution in [0.25, 0.3) is 0 Å². The Morgan fingerprint density at radius 3 is 2.52 bits per heavy atom. The smallest absolute Gasteiger partial charge is 0.255 e. The van der Waals surface area contributed by atoms with E-state index in [9.17, 15) is 4.79 Å². The molecule has 0 N–H and O–H groups in total. The molecule has 1 fully saturated rings. The van der Waals surface area contributed by atoms with E-state index in [1.807, 2.05) is 23.1 Å². The second-order valence-corrected chi connectivity index (χ2v) is 7.45. The first-order chi connectivity index (χ1) is 12.2. The van der Waals surface area contributed by atoms with Crippen molar-refractivity contribution in [3.05, 3.63) is 64.7 Å². The zero-order valence-corrected chi connectivity index (χ0v) is 15.1. The van der Waals surface area contributed by atoms with Gasteiger partial charge in [0.2, 0.25) is 0 Å². The Hall–Kier alpha value is -2.00. The van der Waals surface area contributed by atoms with E-state index in [2.05, 4.69) is 29.2 Å². The third kappa shape index (κ3) is 3.38. The highest BCUT2D eigenvalue weighted by molar-refractivity contribution is 6.33. The van der Waals surface area contributed by atoms with Crippen molar-refractivity contribution in [2.75, 3.05) is 31.1 Å². The third-order valence-corrected chi connectivity index (χ3v) is 5.80. The normalized spacial score (nSPS) is 17.6. The SMILES string of the molecule is O=C(c1ccccc1Cl)N1CCC(CN2CCc3ccccc32)CC1. The number of carbonyl (C=O) groups excluding carboxylic acids is 1. The Labute approximate surface area is 154 Å². The maximum absolute atomic E-state index is 12.7. The Morgan fingerprint density at radius 2 is 1.72 bits per heavy atom. The summed E-state index contributed by atoms with van der Waals surface area (Å²) < 4.78 is 0. The van der Waals surface area contributed by atoms with Crippen LogP contribution in [0.15, 0.2) is 48.5 Å². The standard InChI is InChI=1S/C21H23ClN2O/c22-19-7-3-2-6-18(19)21(25)23-12-9-16(10-13-23)15-24-14-11-17-5-1-4-8-20(17)24/h1-8,16H,9-15H2. The Kier molecular flexibility index (Phi) is 4.67. The van der Waals surface area contributed by atoms with Crippen molar-refractivity contribution in [3.63, 3.8) is 0 Å². The molecule has 0 spiro atoms. The predicted molar refractivity (Wildman–Crippen MR) is 102 cm³/mol. The van der Waals surface area contributed by atoms with Gasteiger partial charge in [-0.15, -0.1) is 0 Å². The fraction of sp³-hybridized carbons (Fsp3) is 0.381. The number of anilines is 1. The molecular weight excluding hydrogens is 332 g/mol. The fourth-order valence-corrected chi connectivity index (χ4v) is 4.25. The van der Waals surface area contributed by atoms with E-state index in [0.717, 1.165) is 45.4 Å². The highest BCUT2D eigenvalue weighted by Crippen LogP contribution is 2.30. The van der Waals surface area contributed by atoms with Crippen LogP contribution < -0.4 is 4.90 Å². The molecule has 2 aromatic rings. The molecule has 2 aliphatic heterocycles. The molecule has 2 heterocycles. The molecule has 1 saturated heterocycles. The van der Waals surface area contributed by atoms with Crippen molar-refractivity contribution in [2.45, 2.75) is 19.3 Å². The number of piperidine rings is 1. The molecule has 0 saturated carbocycles. The molecule has 0 radical (unpaired) electrons. The summed E-state index contributed by atoms with van der Waals surface area (Å²) in [7, 11) is 0. The molecule has 0 bridgehead atoms. The number of nitrogens with zero attached hydrogens (tertiary/aromatic N) is 2. The van der Waals surface area contributed by atoms with Crippen LogP contribution in [0, 0.1) is 5.92 Å². The van der Waals surface area contributed by atoms with Gasteiger partial charge in [-0.1, -0.05) is 41.9 Å². The number of rotatable bonds is 3. The van der Waals surface area contributed by atoms with Gasteiger partial charge in [0.1, 0.15) is 0 Å². The monoisotopic (exact) mass is 354 g/mol. The lowest BCUT2D eigenvalue weighted by atomic mass is 9.95. The number of hydrogen-bond donors (Lipinski definition) is 0. The van der Waals surface area contributed by atoms with Crippen LogP contribution in [0.3, 0.4) is 0 Å². The van der Waals surface area contributed by atoms with Gasteiger partial charge in [0.15, 0.2) is 0 Å². The number of carbonyl (C=O) groups is 1. The summed E-state index contributed by atoms with van der Waals surface area (Å²) in [5, 5.41) is 0.545. The van der Waals surface area contributed by atoms with Crippen LogP contribution in [0.2, 0.25) is 5.02 Å². The second kappa shape index (κ2) is 7.09. The Balaban J connectivity index is 1.35. The van der Waals surface area contributed by atoms with Crippen LogP contribution in [0.5, 0.6) is 0 Å². The number of para-hydroxylation sites is 1. The molecule has 1 amide bonds. The summed E-state index contributed by atoms with van der Waals surface area (Å²) in [5.41, 5.74) is 3.49. The molecule has 25 heavy (non-hydrogen) atoms. The van der Waals surface area contributed by atoms with Crippen LogP contribution in [0.1, 0.15) is 28.8 Å². The van der Waals surface area contributed by atoms with E-state index < -0.39 is 0 Å². The molecule has 3 nitrogen and oxygen atoms in total. The molecule has 2 aliphatic rings. The van der Waals surface area contributed by atoms with Crippen LogP contribution >= 0.6 is 11.6 Å². The van der Waals surface area contributed by atoms with Gasteiger partial charge in [-0.25, -0.2) is 0 Å². The average molecular weight is 355 g/mol. The van der Waals surface area contributed by atoms with Crippen molar-refractivity contribution >= 4 is 23.2 Å². The van der Waals surface area contributed by atoms with Gasteiger partial charge in [0, 0.05) is 31.9 Å². The largest absolute Gasteiger partial charge is 0.371 e. The van der Waals surface area contributed by atoms with Gasteiger partial charge in [-0.3, -0.25) is 4.79 Å². The Bertz CT molecular complexity index is 768. The van der Waals surface area contributed by atoms with Crippen LogP contribution in [0.4, 0.5) is 5.69 Å². The van der Waals surface area contributed by atoms with Crippen molar-refractivity contribution in [3.8, 4) is 0 Å². The summed E-state index contributed by atoms with van der Waals surface area (Å²) in [6, 6.07) is 16.1. The van der Waals surface area contributed by atoms with Crippen LogP contribution in [-0.2, 0) is 6.42 Å². The molecule has 4 heteroatoms. The maximum Gasteiger partial charge on any atom is 0.255 e. The van der Waals surface area contributed by atoms with Crippen LogP contribution in [-0.4, -0.2) is 37.0 Å². The summed E-state index contributed by atoms with van der Waals surface area (Å²) >= 11 is 6.17. The molecule has 0 atom stereocenters. The van der Waals surface area contributed by atoms with Gasteiger partial charge in [-0.2, -0.15) is 0 Å².